The number of rotatable bonds is 7. The van der Waals surface area contributed by atoms with Gasteiger partial charge in [-0.2, -0.15) is 0 Å². The number of benzene rings is 1. The standard InChI is InChI=1S/C16H16BrNO3S/c17-12-9-13(22-10-12)6-7-15(19)18-14(16(20)21)8-11-4-2-1-3-5-11/h1-5,9-10,14H,6-8H2,(H,18,19)(H,20,21)/t14-/m0/s1. The van der Waals surface area contributed by atoms with Gasteiger partial charge in [0.25, 0.3) is 0 Å². The van der Waals surface area contributed by atoms with Crippen LogP contribution in [0.4, 0.5) is 0 Å². The zero-order chi connectivity index (χ0) is 15.9. The van der Waals surface area contributed by atoms with Crippen molar-refractivity contribution in [3.05, 3.63) is 56.7 Å². The van der Waals surface area contributed by atoms with Gasteiger partial charge in [-0.25, -0.2) is 4.79 Å². The Hall–Kier alpha value is -1.66. The normalized spacial score (nSPS) is 11.9. The molecule has 1 atom stereocenters. The number of thiophene rings is 1. The number of hydrogen-bond donors (Lipinski definition) is 2. The second-order valence-electron chi connectivity index (χ2n) is 4.88. The largest absolute Gasteiger partial charge is 0.480 e. The fourth-order valence-corrected chi connectivity index (χ4v) is 3.49. The maximum atomic E-state index is 11.9. The number of nitrogens with one attached hydrogen (secondary N) is 1. The molecule has 0 fully saturated rings. The lowest BCUT2D eigenvalue weighted by molar-refractivity contribution is -0.141. The summed E-state index contributed by atoms with van der Waals surface area (Å²) in [6.07, 6.45) is 1.18. The Morgan fingerprint density at radius 1 is 1.27 bits per heavy atom. The Morgan fingerprint density at radius 2 is 2.00 bits per heavy atom. The minimum Gasteiger partial charge on any atom is -0.480 e. The predicted octanol–water partition coefficient (Wildman–Crippen LogP) is 3.26. The van der Waals surface area contributed by atoms with E-state index >= 15 is 0 Å². The zero-order valence-corrected chi connectivity index (χ0v) is 14.2. The highest BCUT2D eigenvalue weighted by molar-refractivity contribution is 9.10. The molecule has 4 nitrogen and oxygen atoms in total. The number of halogens is 1. The molecule has 0 radical (unpaired) electrons. The number of hydrogen-bond acceptors (Lipinski definition) is 3. The summed E-state index contributed by atoms with van der Waals surface area (Å²) in [4.78, 5) is 24.3. The molecular weight excluding hydrogens is 366 g/mol. The molecule has 116 valence electrons. The minimum absolute atomic E-state index is 0.243. The molecule has 0 saturated heterocycles. The van der Waals surface area contributed by atoms with Gasteiger partial charge in [-0.1, -0.05) is 30.3 Å². The number of carbonyl (C=O) groups excluding carboxylic acids is 1. The Bertz CT molecular complexity index is 642. The Morgan fingerprint density at radius 3 is 2.59 bits per heavy atom. The summed E-state index contributed by atoms with van der Waals surface area (Å²) in [5, 5.41) is 13.8. The van der Waals surface area contributed by atoms with E-state index in [1.165, 1.54) is 0 Å². The van der Waals surface area contributed by atoms with Gasteiger partial charge in [0.15, 0.2) is 0 Å². The van der Waals surface area contributed by atoms with Crippen LogP contribution in [0, 0.1) is 0 Å². The van der Waals surface area contributed by atoms with Gasteiger partial charge in [0, 0.05) is 27.6 Å². The molecule has 1 heterocycles. The fourth-order valence-electron chi connectivity index (χ4n) is 2.04. The van der Waals surface area contributed by atoms with Crippen molar-refractivity contribution in [2.45, 2.75) is 25.3 Å². The van der Waals surface area contributed by atoms with Gasteiger partial charge >= 0.3 is 5.97 Å². The van der Waals surface area contributed by atoms with Crippen molar-refractivity contribution >= 4 is 39.1 Å². The van der Waals surface area contributed by atoms with Crippen LogP contribution < -0.4 is 5.32 Å². The molecule has 0 saturated carbocycles. The molecule has 0 spiro atoms. The van der Waals surface area contributed by atoms with Gasteiger partial charge in [0.2, 0.25) is 5.91 Å². The second kappa shape index (κ2) is 8.10. The van der Waals surface area contributed by atoms with Gasteiger partial charge < -0.3 is 10.4 Å². The highest BCUT2D eigenvalue weighted by atomic mass is 79.9. The van der Waals surface area contributed by atoms with Gasteiger partial charge in [0.05, 0.1) is 0 Å². The lowest BCUT2D eigenvalue weighted by Gasteiger charge is -2.14. The van der Waals surface area contributed by atoms with E-state index in [-0.39, 0.29) is 18.7 Å². The van der Waals surface area contributed by atoms with Crippen LogP contribution in [0.25, 0.3) is 0 Å². The third kappa shape index (κ3) is 5.27. The fraction of sp³-hybridized carbons (Fsp3) is 0.250. The van der Waals surface area contributed by atoms with E-state index in [9.17, 15) is 14.7 Å². The molecule has 0 aliphatic rings. The summed E-state index contributed by atoms with van der Waals surface area (Å²) >= 11 is 4.94. The van der Waals surface area contributed by atoms with E-state index in [0.717, 1.165) is 14.9 Å². The van der Waals surface area contributed by atoms with E-state index in [4.69, 9.17) is 0 Å². The van der Waals surface area contributed by atoms with Crippen molar-refractivity contribution in [3.8, 4) is 0 Å². The Labute approximate surface area is 141 Å². The van der Waals surface area contributed by atoms with Crippen molar-refractivity contribution in [1.29, 1.82) is 0 Å². The summed E-state index contributed by atoms with van der Waals surface area (Å²) in [5.74, 6) is -1.26. The van der Waals surface area contributed by atoms with Crippen molar-refractivity contribution in [3.63, 3.8) is 0 Å². The molecule has 1 amide bonds. The molecule has 0 aliphatic heterocycles. The summed E-state index contributed by atoms with van der Waals surface area (Å²) in [6, 6.07) is 10.4. The second-order valence-corrected chi connectivity index (χ2v) is 6.79. The monoisotopic (exact) mass is 381 g/mol. The third-order valence-electron chi connectivity index (χ3n) is 3.14. The Kier molecular flexibility index (Phi) is 6.15. The van der Waals surface area contributed by atoms with Gasteiger partial charge in [0.1, 0.15) is 6.04 Å². The number of amides is 1. The lowest BCUT2D eigenvalue weighted by atomic mass is 10.1. The highest BCUT2D eigenvalue weighted by Crippen LogP contribution is 2.20. The van der Waals surface area contributed by atoms with E-state index in [1.54, 1.807) is 11.3 Å². The van der Waals surface area contributed by atoms with E-state index in [0.29, 0.717) is 6.42 Å². The van der Waals surface area contributed by atoms with Crippen LogP contribution in [0.5, 0.6) is 0 Å². The average molecular weight is 382 g/mol. The number of aryl methyl sites for hydroxylation is 1. The predicted molar refractivity (Wildman–Crippen MR) is 90.1 cm³/mol. The minimum atomic E-state index is -1.02. The van der Waals surface area contributed by atoms with Gasteiger partial charge in [-0.15, -0.1) is 11.3 Å². The zero-order valence-electron chi connectivity index (χ0n) is 11.8. The molecule has 0 aliphatic carbocycles. The third-order valence-corrected chi connectivity index (χ3v) is 4.89. The Balaban J connectivity index is 1.87. The SMILES string of the molecule is O=C(CCc1cc(Br)cs1)N[C@@H](Cc1ccccc1)C(=O)O. The first-order valence-corrected chi connectivity index (χ1v) is 8.51. The maximum absolute atomic E-state index is 11.9. The molecular formula is C16H16BrNO3S. The van der Waals surface area contributed by atoms with Crippen molar-refractivity contribution in [2.24, 2.45) is 0 Å². The van der Waals surface area contributed by atoms with Crippen molar-refractivity contribution < 1.29 is 14.7 Å². The molecule has 0 unspecified atom stereocenters. The van der Waals surface area contributed by atoms with Crippen LogP contribution in [0.1, 0.15) is 16.9 Å². The van der Waals surface area contributed by atoms with Gasteiger partial charge in [-0.05, 0) is 34.0 Å². The molecule has 2 N–H and O–H groups in total. The number of carboxylic acid groups (broad SMARTS) is 1. The topological polar surface area (TPSA) is 66.4 Å². The highest BCUT2D eigenvalue weighted by Gasteiger charge is 2.20. The summed E-state index contributed by atoms with van der Waals surface area (Å²) < 4.78 is 1.00. The number of carbonyl (C=O) groups is 2. The van der Waals surface area contributed by atoms with Crippen LogP contribution in [0.15, 0.2) is 46.3 Å². The summed E-state index contributed by atoms with van der Waals surface area (Å²) in [7, 11) is 0. The van der Waals surface area contributed by atoms with Crippen LogP contribution in [0.2, 0.25) is 0 Å². The van der Waals surface area contributed by atoms with Crippen LogP contribution in [-0.4, -0.2) is 23.0 Å². The molecule has 1 aromatic heterocycles. The first kappa shape index (κ1) is 16.7. The molecule has 22 heavy (non-hydrogen) atoms. The first-order valence-electron chi connectivity index (χ1n) is 6.83. The summed E-state index contributed by atoms with van der Waals surface area (Å²) in [5.41, 5.74) is 0.886. The average Bonchev–Trinajstić information content (AvgIpc) is 2.91. The van der Waals surface area contributed by atoms with Crippen molar-refractivity contribution in [1.82, 2.24) is 5.32 Å². The van der Waals surface area contributed by atoms with E-state index in [2.05, 4.69) is 21.2 Å². The molecule has 2 aromatic rings. The quantitative estimate of drug-likeness (QED) is 0.773. The molecule has 1 aromatic carbocycles. The number of carboxylic acids is 1. The number of aliphatic carboxylic acids is 1. The lowest BCUT2D eigenvalue weighted by Crippen LogP contribution is -2.42. The molecule has 2 rings (SSSR count). The van der Waals surface area contributed by atoms with Crippen LogP contribution >= 0.6 is 27.3 Å². The van der Waals surface area contributed by atoms with Gasteiger partial charge in [-0.3, -0.25) is 4.79 Å². The molecule has 0 bridgehead atoms. The first-order chi connectivity index (χ1) is 10.5. The van der Waals surface area contributed by atoms with E-state index < -0.39 is 12.0 Å². The van der Waals surface area contributed by atoms with E-state index in [1.807, 2.05) is 41.8 Å². The smallest absolute Gasteiger partial charge is 0.326 e. The van der Waals surface area contributed by atoms with Crippen LogP contribution in [-0.2, 0) is 22.4 Å². The molecule has 6 heteroatoms. The van der Waals surface area contributed by atoms with Crippen molar-refractivity contribution in [2.75, 3.05) is 0 Å². The maximum Gasteiger partial charge on any atom is 0.326 e. The van der Waals surface area contributed by atoms with Crippen LogP contribution in [0.3, 0.4) is 0 Å². The summed E-state index contributed by atoms with van der Waals surface area (Å²) in [6.45, 7) is 0.